The number of ether oxygens (including phenoxy) is 1. The first-order valence-electron chi connectivity index (χ1n) is 11.2. The third-order valence-corrected chi connectivity index (χ3v) is 7.16. The van der Waals surface area contributed by atoms with Crippen LogP contribution in [0.25, 0.3) is 0 Å². The molecule has 0 spiro atoms. The number of alkyl halides is 1. The van der Waals surface area contributed by atoms with Gasteiger partial charge in [-0.1, -0.05) is 44.2 Å². The Morgan fingerprint density at radius 1 is 1.13 bits per heavy atom. The molecular weight excluding hydrogens is 400 g/mol. The second-order valence-electron chi connectivity index (χ2n) is 8.47. The lowest BCUT2D eigenvalue weighted by Crippen LogP contribution is -2.41. The fourth-order valence-corrected chi connectivity index (χ4v) is 5.40. The number of halogens is 1. The van der Waals surface area contributed by atoms with E-state index in [4.69, 9.17) is 16.3 Å². The van der Waals surface area contributed by atoms with E-state index in [2.05, 4.69) is 18.7 Å². The second kappa shape index (κ2) is 9.11. The molecule has 1 aromatic rings. The average Bonchev–Trinajstić information content (AvgIpc) is 3.04. The van der Waals surface area contributed by atoms with Gasteiger partial charge in [0.1, 0.15) is 6.10 Å². The predicted octanol–water partition coefficient (Wildman–Crippen LogP) is 3.93. The van der Waals surface area contributed by atoms with E-state index in [9.17, 15) is 9.59 Å². The van der Waals surface area contributed by atoms with E-state index in [-0.39, 0.29) is 40.9 Å². The maximum absolute atomic E-state index is 13.6. The maximum Gasteiger partial charge on any atom is 0.290 e. The van der Waals surface area contributed by atoms with Crippen LogP contribution in [0.2, 0.25) is 0 Å². The number of Topliss-reactive ketones (excluding diaryl/α,β-unsaturated/α-hetero) is 1. The summed E-state index contributed by atoms with van der Waals surface area (Å²) in [5, 5.41) is -0.00148. The zero-order valence-corrected chi connectivity index (χ0v) is 18.6. The van der Waals surface area contributed by atoms with Crippen LogP contribution in [0.4, 0.5) is 0 Å². The zero-order valence-electron chi connectivity index (χ0n) is 17.9. The van der Waals surface area contributed by atoms with Crippen molar-refractivity contribution in [3.63, 3.8) is 0 Å². The quantitative estimate of drug-likeness (QED) is 0.615. The first kappa shape index (κ1) is 21.4. The highest BCUT2D eigenvalue weighted by Gasteiger charge is 2.52. The Hall–Kier alpha value is -1.85. The lowest BCUT2D eigenvalue weighted by Gasteiger charge is -2.37. The topological polar surface area (TPSA) is 49.9 Å². The molecule has 1 aliphatic carbocycles. The fourth-order valence-electron chi connectivity index (χ4n) is 5.08. The molecule has 2 aliphatic heterocycles. The van der Waals surface area contributed by atoms with Crippen LogP contribution < -0.4 is 0 Å². The van der Waals surface area contributed by atoms with Crippen molar-refractivity contribution in [3.05, 3.63) is 47.2 Å². The van der Waals surface area contributed by atoms with E-state index in [1.54, 1.807) is 0 Å². The van der Waals surface area contributed by atoms with Crippen molar-refractivity contribution in [3.8, 4) is 0 Å². The van der Waals surface area contributed by atoms with Crippen LogP contribution in [0.15, 0.2) is 41.7 Å². The number of hydrogen-bond donors (Lipinski definition) is 0. The van der Waals surface area contributed by atoms with E-state index in [0.29, 0.717) is 18.5 Å². The summed E-state index contributed by atoms with van der Waals surface area (Å²) in [5.74, 6) is -0.0427. The number of carbonyl (C=O) groups excluding carboxylic acids is 2. The molecule has 6 heteroatoms. The molecule has 1 saturated carbocycles. The monoisotopic (exact) mass is 430 g/mol. The Balaban J connectivity index is 1.63. The summed E-state index contributed by atoms with van der Waals surface area (Å²) in [7, 11) is 0. The van der Waals surface area contributed by atoms with Crippen molar-refractivity contribution in [2.75, 3.05) is 26.2 Å². The van der Waals surface area contributed by atoms with Crippen LogP contribution in [-0.4, -0.2) is 59.2 Å². The Morgan fingerprint density at radius 2 is 1.87 bits per heavy atom. The van der Waals surface area contributed by atoms with Gasteiger partial charge >= 0.3 is 0 Å². The molecule has 0 aromatic heterocycles. The van der Waals surface area contributed by atoms with Gasteiger partial charge in [-0.3, -0.25) is 9.59 Å². The lowest BCUT2D eigenvalue weighted by molar-refractivity contribution is -0.135. The maximum atomic E-state index is 13.6. The molecular formula is C24H31ClN2O3. The molecule has 1 amide bonds. The minimum Gasteiger partial charge on any atom is -0.483 e. The highest BCUT2D eigenvalue weighted by Crippen LogP contribution is 2.47. The van der Waals surface area contributed by atoms with Crippen LogP contribution in [0.5, 0.6) is 0 Å². The first-order valence-corrected chi connectivity index (χ1v) is 11.7. The van der Waals surface area contributed by atoms with E-state index >= 15 is 0 Å². The number of hydrogen-bond acceptors (Lipinski definition) is 4. The summed E-state index contributed by atoms with van der Waals surface area (Å²) in [6.07, 6.45) is 2.82. The van der Waals surface area contributed by atoms with Gasteiger partial charge < -0.3 is 14.5 Å². The molecule has 2 heterocycles. The zero-order chi connectivity index (χ0) is 21.3. The van der Waals surface area contributed by atoms with Crippen molar-refractivity contribution in [2.45, 2.75) is 57.1 Å². The average molecular weight is 431 g/mol. The first-order chi connectivity index (χ1) is 14.5. The Kier molecular flexibility index (Phi) is 6.49. The van der Waals surface area contributed by atoms with E-state index in [1.165, 1.54) is 0 Å². The van der Waals surface area contributed by atoms with Gasteiger partial charge in [-0.05, 0) is 50.9 Å². The van der Waals surface area contributed by atoms with Gasteiger partial charge in [0.05, 0.1) is 17.5 Å². The number of nitrogens with zero attached hydrogens (tertiary/aromatic N) is 2. The van der Waals surface area contributed by atoms with Crippen LogP contribution >= 0.6 is 11.6 Å². The van der Waals surface area contributed by atoms with Crippen molar-refractivity contribution >= 4 is 23.3 Å². The van der Waals surface area contributed by atoms with Crippen LogP contribution in [0.3, 0.4) is 0 Å². The van der Waals surface area contributed by atoms with Gasteiger partial charge in [-0.25, -0.2) is 0 Å². The normalized spacial score (nSPS) is 28.6. The van der Waals surface area contributed by atoms with Crippen molar-refractivity contribution in [1.29, 1.82) is 0 Å². The van der Waals surface area contributed by atoms with Crippen LogP contribution in [0.1, 0.15) is 51.1 Å². The molecule has 0 radical (unpaired) electrons. The Labute approximate surface area is 184 Å². The summed E-state index contributed by atoms with van der Waals surface area (Å²) < 4.78 is 6.20. The lowest BCUT2D eigenvalue weighted by atomic mass is 9.77. The molecule has 4 unspecified atom stereocenters. The number of fused-ring (bicyclic) bond motifs is 1. The highest BCUT2D eigenvalue weighted by atomic mass is 35.5. The minimum atomic E-state index is -0.366. The van der Waals surface area contributed by atoms with Gasteiger partial charge in [-0.2, -0.15) is 0 Å². The number of ketones is 1. The standard InChI is InChI=1S/C24H31ClN2O3/c1-3-26(4-2)13-8-14-27-21(16-9-6-5-7-10-16)20-22(28)18-15-17(25)11-12-19(18)30-23(20)24(27)29/h5-7,9-10,17-19,21H,3-4,8,11-15H2,1-2H3. The van der Waals surface area contributed by atoms with Gasteiger partial charge in [0.15, 0.2) is 11.5 Å². The largest absolute Gasteiger partial charge is 0.483 e. The van der Waals surface area contributed by atoms with Gasteiger partial charge in [0.25, 0.3) is 5.91 Å². The Morgan fingerprint density at radius 3 is 2.57 bits per heavy atom. The van der Waals surface area contributed by atoms with Gasteiger partial charge in [-0.15, -0.1) is 11.6 Å². The molecule has 0 saturated heterocycles. The molecule has 1 fully saturated rings. The molecule has 1 aromatic carbocycles. The Bertz CT molecular complexity index is 821. The molecule has 4 rings (SSSR count). The number of carbonyl (C=O) groups is 2. The fraction of sp³-hybridized carbons (Fsp3) is 0.583. The third kappa shape index (κ3) is 3.90. The van der Waals surface area contributed by atoms with E-state index in [1.807, 2.05) is 35.2 Å². The smallest absolute Gasteiger partial charge is 0.290 e. The second-order valence-corrected chi connectivity index (χ2v) is 9.09. The third-order valence-electron chi connectivity index (χ3n) is 6.76. The molecule has 0 bridgehead atoms. The molecule has 5 nitrogen and oxygen atoms in total. The molecule has 3 aliphatic rings. The number of benzene rings is 1. The summed E-state index contributed by atoms with van der Waals surface area (Å²) in [6, 6.07) is 9.49. The number of amides is 1. The SMILES string of the molecule is CCN(CC)CCCN1C(=O)C2=C(C(=O)C3CC(Cl)CCC3O2)C1c1ccccc1. The van der Waals surface area contributed by atoms with Crippen LogP contribution in [-0.2, 0) is 14.3 Å². The van der Waals surface area contributed by atoms with Crippen molar-refractivity contribution in [1.82, 2.24) is 9.80 Å². The summed E-state index contributed by atoms with van der Waals surface area (Å²) in [6.45, 7) is 7.81. The van der Waals surface area contributed by atoms with E-state index in [0.717, 1.165) is 44.5 Å². The van der Waals surface area contributed by atoms with E-state index < -0.39 is 0 Å². The molecule has 30 heavy (non-hydrogen) atoms. The summed E-state index contributed by atoms with van der Waals surface area (Å²) >= 11 is 6.38. The van der Waals surface area contributed by atoms with Gasteiger partial charge in [0.2, 0.25) is 0 Å². The number of rotatable bonds is 7. The summed E-state index contributed by atoms with van der Waals surface area (Å²) in [5.41, 5.74) is 1.51. The van der Waals surface area contributed by atoms with Gasteiger partial charge in [0, 0.05) is 11.9 Å². The predicted molar refractivity (Wildman–Crippen MR) is 117 cm³/mol. The summed E-state index contributed by atoms with van der Waals surface area (Å²) in [4.78, 5) is 31.1. The highest BCUT2D eigenvalue weighted by molar-refractivity contribution is 6.21. The minimum absolute atomic E-state index is 0.00148. The van der Waals surface area contributed by atoms with Crippen molar-refractivity contribution in [2.24, 2.45) is 5.92 Å². The molecule has 4 atom stereocenters. The molecule has 162 valence electrons. The van der Waals surface area contributed by atoms with Crippen LogP contribution in [0, 0.1) is 5.92 Å². The van der Waals surface area contributed by atoms with Crippen molar-refractivity contribution < 1.29 is 14.3 Å². The molecule has 0 N–H and O–H groups in total.